The van der Waals surface area contributed by atoms with Crippen LogP contribution in [0.4, 0.5) is 0 Å². The smallest absolute Gasteiger partial charge is 0.243 e. The second kappa shape index (κ2) is 7.49. The van der Waals surface area contributed by atoms with Crippen molar-refractivity contribution in [2.45, 2.75) is 36.6 Å². The molecule has 7 heteroatoms. The molecule has 1 unspecified atom stereocenters. The zero-order valence-corrected chi connectivity index (χ0v) is 14.8. The van der Waals surface area contributed by atoms with E-state index in [4.69, 9.17) is 11.6 Å². The molecule has 124 valence electrons. The molecule has 1 aromatic carbocycles. The van der Waals surface area contributed by atoms with Gasteiger partial charge in [-0.2, -0.15) is 4.31 Å². The Morgan fingerprint density at radius 3 is 2.50 bits per heavy atom. The van der Waals surface area contributed by atoms with Gasteiger partial charge in [0.25, 0.3) is 0 Å². The van der Waals surface area contributed by atoms with Crippen LogP contribution in [-0.2, 0) is 10.0 Å². The Kier molecular flexibility index (Phi) is 6.14. The van der Waals surface area contributed by atoms with Crippen molar-refractivity contribution in [1.82, 2.24) is 9.62 Å². The summed E-state index contributed by atoms with van der Waals surface area (Å²) in [7, 11) is -3.40. The number of benzene rings is 1. The van der Waals surface area contributed by atoms with Crippen LogP contribution in [0.3, 0.4) is 0 Å². The minimum atomic E-state index is -3.40. The summed E-state index contributed by atoms with van der Waals surface area (Å²) in [5.74, 6) is 0.610. The number of nitrogens with one attached hydrogen (secondary N) is 1. The molecule has 2 aliphatic rings. The Bertz CT molecular complexity index is 595. The molecule has 22 heavy (non-hydrogen) atoms. The van der Waals surface area contributed by atoms with Gasteiger partial charge in [0.2, 0.25) is 10.0 Å². The van der Waals surface area contributed by atoms with Crippen molar-refractivity contribution >= 4 is 34.0 Å². The molecule has 1 N–H and O–H groups in total. The lowest BCUT2D eigenvalue weighted by Gasteiger charge is -2.34. The zero-order chi connectivity index (χ0) is 14.9. The average molecular weight is 365 g/mol. The van der Waals surface area contributed by atoms with Crippen molar-refractivity contribution < 1.29 is 8.42 Å². The lowest BCUT2D eigenvalue weighted by atomic mass is 9.89. The first-order valence-electron chi connectivity index (χ1n) is 7.56. The predicted molar refractivity (Wildman–Crippen MR) is 91.2 cm³/mol. The number of rotatable bonds is 3. The Balaban J connectivity index is 0.00000176. The van der Waals surface area contributed by atoms with E-state index in [0.29, 0.717) is 35.0 Å². The molecule has 0 bridgehead atoms. The fourth-order valence-corrected chi connectivity index (χ4v) is 5.18. The van der Waals surface area contributed by atoms with Gasteiger partial charge in [-0.15, -0.1) is 12.4 Å². The van der Waals surface area contributed by atoms with Gasteiger partial charge in [-0.25, -0.2) is 8.42 Å². The van der Waals surface area contributed by atoms with Crippen LogP contribution in [0.15, 0.2) is 29.2 Å². The lowest BCUT2D eigenvalue weighted by molar-refractivity contribution is 0.234. The maximum atomic E-state index is 12.6. The number of nitrogens with zero attached hydrogens (tertiary/aromatic N) is 1. The summed E-state index contributed by atoms with van der Waals surface area (Å²) in [5.41, 5.74) is 0. The zero-order valence-electron chi connectivity index (χ0n) is 12.4. The van der Waals surface area contributed by atoms with Gasteiger partial charge in [0.15, 0.2) is 0 Å². The van der Waals surface area contributed by atoms with Gasteiger partial charge in [-0.1, -0.05) is 17.7 Å². The third kappa shape index (κ3) is 3.77. The summed E-state index contributed by atoms with van der Waals surface area (Å²) in [6, 6.07) is 7.11. The molecular weight excluding hydrogens is 343 g/mol. The van der Waals surface area contributed by atoms with Gasteiger partial charge in [-0.3, -0.25) is 0 Å². The SMILES string of the molecule is Cl.O=S(=O)(c1cccc(Cl)c1)N1CCC(C2CCCN2)CC1. The van der Waals surface area contributed by atoms with Crippen LogP contribution in [0, 0.1) is 5.92 Å². The van der Waals surface area contributed by atoms with E-state index in [9.17, 15) is 8.42 Å². The molecule has 2 saturated heterocycles. The average Bonchev–Trinajstić information content (AvgIpc) is 3.02. The van der Waals surface area contributed by atoms with Crippen molar-refractivity contribution in [3.63, 3.8) is 0 Å². The van der Waals surface area contributed by atoms with Crippen molar-refractivity contribution in [2.24, 2.45) is 5.92 Å². The van der Waals surface area contributed by atoms with Crippen LogP contribution < -0.4 is 5.32 Å². The van der Waals surface area contributed by atoms with E-state index in [-0.39, 0.29) is 12.4 Å². The van der Waals surface area contributed by atoms with Crippen molar-refractivity contribution in [2.75, 3.05) is 19.6 Å². The summed E-state index contributed by atoms with van der Waals surface area (Å²) < 4.78 is 26.8. The third-order valence-electron chi connectivity index (χ3n) is 4.60. The lowest BCUT2D eigenvalue weighted by Crippen LogP contribution is -2.43. The Labute approximate surface area is 143 Å². The largest absolute Gasteiger partial charge is 0.314 e. The Morgan fingerprint density at radius 2 is 1.91 bits per heavy atom. The normalized spacial score (nSPS) is 24.1. The first-order valence-corrected chi connectivity index (χ1v) is 9.38. The molecule has 4 nitrogen and oxygen atoms in total. The Hall–Kier alpha value is -0.330. The molecule has 0 amide bonds. The maximum absolute atomic E-state index is 12.6. The van der Waals surface area contributed by atoms with E-state index in [1.165, 1.54) is 18.9 Å². The number of sulfonamides is 1. The molecule has 0 aromatic heterocycles. The molecule has 0 spiro atoms. The molecule has 1 aromatic rings. The maximum Gasteiger partial charge on any atom is 0.243 e. The van der Waals surface area contributed by atoms with E-state index in [2.05, 4.69) is 5.32 Å². The fourth-order valence-electron chi connectivity index (χ4n) is 3.41. The highest BCUT2D eigenvalue weighted by Gasteiger charge is 2.33. The van der Waals surface area contributed by atoms with Gasteiger partial charge >= 0.3 is 0 Å². The summed E-state index contributed by atoms with van der Waals surface area (Å²) >= 11 is 5.91. The van der Waals surface area contributed by atoms with Gasteiger partial charge < -0.3 is 5.32 Å². The van der Waals surface area contributed by atoms with Crippen molar-refractivity contribution in [3.05, 3.63) is 29.3 Å². The van der Waals surface area contributed by atoms with E-state index >= 15 is 0 Å². The first-order chi connectivity index (χ1) is 10.1. The van der Waals surface area contributed by atoms with E-state index < -0.39 is 10.0 Å². The summed E-state index contributed by atoms with van der Waals surface area (Å²) in [6.07, 6.45) is 4.35. The minimum Gasteiger partial charge on any atom is -0.314 e. The molecule has 2 aliphatic heterocycles. The molecule has 0 saturated carbocycles. The van der Waals surface area contributed by atoms with E-state index in [1.807, 2.05) is 0 Å². The highest BCUT2D eigenvalue weighted by atomic mass is 35.5. The number of hydrogen-bond donors (Lipinski definition) is 1. The van der Waals surface area contributed by atoms with Crippen LogP contribution in [0.5, 0.6) is 0 Å². The van der Waals surface area contributed by atoms with Crippen LogP contribution in [-0.4, -0.2) is 38.4 Å². The van der Waals surface area contributed by atoms with Crippen LogP contribution in [0.1, 0.15) is 25.7 Å². The van der Waals surface area contributed by atoms with Gasteiger partial charge in [0.1, 0.15) is 0 Å². The molecular formula is C15H22Cl2N2O2S. The summed E-state index contributed by atoms with van der Waals surface area (Å²) in [4.78, 5) is 0.299. The molecule has 2 heterocycles. The topological polar surface area (TPSA) is 49.4 Å². The van der Waals surface area contributed by atoms with Gasteiger partial charge in [0.05, 0.1) is 4.90 Å². The van der Waals surface area contributed by atoms with Crippen LogP contribution >= 0.6 is 24.0 Å². The molecule has 3 rings (SSSR count). The molecule has 0 aliphatic carbocycles. The van der Waals surface area contributed by atoms with Crippen molar-refractivity contribution in [1.29, 1.82) is 0 Å². The number of piperidine rings is 1. The number of hydrogen-bond acceptors (Lipinski definition) is 3. The van der Waals surface area contributed by atoms with Crippen LogP contribution in [0.25, 0.3) is 0 Å². The minimum absolute atomic E-state index is 0. The highest BCUT2D eigenvalue weighted by molar-refractivity contribution is 7.89. The van der Waals surface area contributed by atoms with Crippen molar-refractivity contribution in [3.8, 4) is 0 Å². The molecule has 0 radical (unpaired) electrons. The second-order valence-corrected chi connectivity index (χ2v) is 8.28. The second-order valence-electron chi connectivity index (χ2n) is 5.90. The third-order valence-corrected chi connectivity index (χ3v) is 6.73. The standard InChI is InChI=1S/C15H21ClN2O2S.ClH/c16-13-3-1-4-14(11-13)21(19,20)18-9-6-12(7-10-18)15-5-2-8-17-15;/h1,3-4,11-12,15,17H,2,5-10H2;1H. The fraction of sp³-hybridized carbons (Fsp3) is 0.600. The first kappa shape index (κ1) is 18.0. The summed E-state index contributed by atoms with van der Waals surface area (Å²) in [5, 5.41) is 3.99. The van der Waals surface area contributed by atoms with E-state index in [1.54, 1.807) is 22.5 Å². The molecule has 1 atom stereocenters. The quantitative estimate of drug-likeness (QED) is 0.896. The summed E-state index contributed by atoms with van der Waals surface area (Å²) in [6.45, 7) is 2.32. The monoisotopic (exact) mass is 364 g/mol. The molecule has 2 fully saturated rings. The van der Waals surface area contributed by atoms with Gasteiger partial charge in [0, 0.05) is 24.2 Å². The highest BCUT2D eigenvalue weighted by Crippen LogP contribution is 2.29. The number of halogens is 2. The van der Waals surface area contributed by atoms with Gasteiger partial charge in [-0.05, 0) is 56.3 Å². The predicted octanol–water partition coefficient (Wildman–Crippen LogP) is 2.91. The van der Waals surface area contributed by atoms with Crippen LogP contribution in [0.2, 0.25) is 5.02 Å². The van der Waals surface area contributed by atoms with E-state index in [0.717, 1.165) is 19.4 Å². The Morgan fingerprint density at radius 1 is 1.18 bits per heavy atom.